The van der Waals surface area contributed by atoms with Gasteiger partial charge in [0.05, 0.1) is 6.54 Å². The number of hydrogen-bond donors (Lipinski definition) is 1. The molecule has 90 valence electrons. The van der Waals surface area contributed by atoms with Crippen LogP contribution in [0.4, 0.5) is 0 Å². The summed E-state index contributed by atoms with van der Waals surface area (Å²) < 4.78 is 28.0. The summed E-state index contributed by atoms with van der Waals surface area (Å²) in [5.74, 6) is 0. The van der Waals surface area contributed by atoms with E-state index in [0.717, 1.165) is 17.8 Å². The van der Waals surface area contributed by atoms with Crippen molar-refractivity contribution in [2.75, 3.05) is 6.54 Å². The highest BCUT2D eigenvalue weighted by Crippen LogP contribution is 2.19. The van der Waals surface area contributed by atoms with Gasteiger partial charge in [0.2, 0.25) is 0 Å². The van der Waals surface area contributed by atoms with Crippen LogP contribution in [-0.4, -0.2) is 30.3 Å². The smallest absolute Gasteiger partial charge is 0.248 e. The predicted molar refractivity (Wildman–Crippen MR) is 63.3 cm³/mol. The van der Waals surface area contributed by atoms with Gasteiger partial charge in [-0.1, -0.05) is 0 Å². The Bertz CT molecular complexity index is 430. The third-order valence-corrected chi connectivity index (χ3v) is 5.14. The zero-order valence-electron chi connectivity index (χ0n) is 9.09. The lowest BCUT2D eigenvalue weighted by molar-refractivity contribution is 0.400. The molecular weight excluding hydrogens is 246 g/mol. The summed E-state index contributed by atoms with van der Waals surface area (Å²) in [5, 5.41) is 2.62. The van der Waals surface area contributed by atoms with Crippen molar-refractivity contribution in [2.24, 2.45) is 0 Å². The molecule has 0 radical (unpaired) electrons. The summed E-state index contributed by atoms with van der Waals surface area (Å²) in [6.07, 6.45) is 3.56. The molecule has 0 bridgehead atoms. The summed E-state index contributed by atoms with van der Waals surface area (Å²) in [4.78, 5) is 4.04. The molecule has 2 rings (SSSR count). The van der Waals surface area contributed by atoms with Crippen LogP contribution in [0, 0.1) is 0 Å². The average molecular weight is 261 g/mol. The molecule has 0 aromatic carbocycles. The molecule has 5 nitrogen and oxygen atoms in total. The Morgan fingerprint density at radius 3 is 3.06 bits per heavy atom. The Labute approximate surface area is 99.7 Å². The van der Waals surface area contributed by atoms with E-state index in [1.807, 2.05) is 12.3 Å². The van der Waals surface area contributed by atoms with Gasteiger partial charge in [0.1, 0.15) is 5.01 Å². The number of nitrogens with one attached hydrogen (secondary N) is 1. The van der Waals surface area contributed by atoms with Crippen molar-refractivity contribution in [3.05, 3.63) is 16.6 Å². The van der Waals surface area contributed by atoms with Gasteiger partial charge in [-0.25, -0.2) is 4.98 Å². The first-order valence-corrected chi connectivity index (χ1v) is 7.56. The Morgan fingerprint density at radius 1 is 1.69 bits per heavy atom. The van der Waals surface area contributed by atoms with Gasteiger partial charge in [0.25, 0.3) is 10.2 Å². The van der Waals surface area contributed by atoms with Crippen LogP contribution in [0.2, 0.25) is 0 Å². The topological polar surface area (TPSA) is 62.3 Å². The van der Waals surface area contributed by atoms with Crippen molar-refractivity contribution in [3.63, 3.8) is 0 Å². The highest BCUT2D eigenvalue weighted by Gasteiger charge is 2.30. The van der Waals surface area contributed by atoms with Crippen molar-refractivity contribution in [3.8, 4) is 0 Å². The van der Waals surface area contributed by atoms with Crippen LogP contribution in [0.25, 0.3) is 0 Å². The Balaban J connectivity index is 1.97. The monoisotopic (exact) mass is 261 g/mol. The molecule has 16 heavy (non-hydrogen) atoms. The van der Waals surface area contributed by atoms with Crippen molar-refractivity contribution in [2.45, 2.75) is 32.4 Å². The van der Waals surface area contributed by atoms with Gasteiger partial charge in [-0.2, -0.15) is 17.4 Å². The minimum atomic E-state index is -3.34. The van der Waals surface area contributed by atoms with Crippen LogP contribution in [0.1, 0.15) is 24.8 Å². The molecule has 2 heterocycles. The summed E-state index contributed by atoms with van der Waals surface area (Å²) >= 11 is 1.45. The molecule has 7 heteroatoms. The van der Waals surface area contributed by atoms with E-state index in [1.165, 1.54) is 15.6 Å². The first-order chi connectivity index (χ1) is 7.59. The minimum absolute atomic E-state index is 0.105. The van der Waals surface area contributed by atoms with E-state index in [-0.39, 0.29) is 12.6 Å². The Hall–Kier alpha value is -0.500. The molecule has 1 aromatic heterocycles. The van der Waals surface area contributed by atoms with Crippen LogP contribution in [-0.2, 0) is 16.8 Å². The van der Waals surface area contributed by atoms with Crippen molar-refractivity contribution in [1.82, 2.24) is 14.0 Å². The normalized spacial score (nSPS) is 22.7. The number of thiazole rings is 1. The third-order valence-electron chi connectivity index (χ3n) is 2.69. The average Bonchev–Trinajstić information content (AvgIpc) is 2.85. The number of rotatable bonds is 4. The van der Waals surface area contributed by atoms with Gasteiger partial charge in [-0.05, 0) is 19.8 Å². The lowest BCUT2D eigenvalue weighted by Crippen LogP contribution is -2.42. The van der Waals surface area contributed by atoms with Crippen LogP contribution < -0.4 is 4.72 Å². The molecule has 1 fully saturated rings. The molecule has 0 aliphatic carbocycles. The van der Waals surface area contributed by atoms with Crippen LogP contribution in [0.5, 0.6) is 0 Å². The zero-order valence-corrected chi connectivity index (χ0v) is 10.7. The Morgan fingerprint density at radius 2 is 2.50 bits per heavy atom. The molecule has 0 saturated carbocycles. The molecule has 1 aromatic rings. The molecule has 1 atom stereocenters. The fraction of sp³-hybridized carbons (Fsp3) is 0.667. The maximum atomic E-state index is 11.9. The third kappa shape index (κ3) is 2.60. The van der Waals surface area contributed by atoms with Crippen molar-refractivity contribution in [1.29, 1.82) is 0 Å². The summed E-state index contributed by atoms with van der Waals surface area (Å²) in [6.45, 7) is 2.84. The summed E-state index contributed by atoms with van der Waals surface area (Å²) in [5.41, 5.74) is 0. The summed E-state index contributed by atoms with van der Waals surface area (Å²) in [6, 6.07) is 0.105. The van der Waals surface area contributed by atoms with Gasteiger partial charge < -0.3 is 0 Å². The van der Waals surface area contributed by atoms with E-state index < -0.39 is 10.2 Å². The second kappa shape index (κ2) is 4.79. The van der Waals surface area contributed by atoms with E-state index in [2.05, 4.69) is 9.71 Å². The molecule has 1 aliphatic heterocycles. The molecule has 1 N–H and O–H groups in total. The first-order valence-electron chi connectivity index (χ1n) is 5.24. The van der Waals surface area contributed by atoms with Crippen LogP contribution >= 0.6 is 11.3 Å². The molecule has 0 spiro atoms. The number of hydrogen-bond acceptors (Lipinski definition) is 4. The predicted octanol–water partition coefficient (Wildman–Crippen LogP) is 0.962. The maximum Gasteiger partial charge on any atom is 0.280 e. The van der Waals surface area contributed by atoms with Crippen LogP contribution in [0.15, 0.2) is 11.6 Å². The van der Waals surface area contributed by atoms with Gasteiger partial charge in [0.15, 0.2) is 0 Å². The molecule has 1 aliphatic rings. The van der Waals surface area contributed by atoms with Gasteiger partial charge in [-0.15, -0.1) is 11.3 Å². The highest BCUT2D eigenvalue weighted by atomic mass is 32.2. The fourth-order valence-electron chi connectivity index (χ4n) is 1.84. The van der Waals surface area contributed by atoms with E-state index in [4.69, 9.17) is 0 Å². The first kappa shape index (κ1) is 12.0. The lowest BCUT2D eigenvalue weighted by Gasteiger charge is -2.20. The highest BCUT2D eigenvalue weighted by molar-refractivity contribution is 7.87. The SMILES string of the molecule is CC1CCCN1S(=O)(=O)NCc1nccs1. The zero-order chi connectivity index (χ0) is 11.6. The van der Waals surface area contributed by atoms with Gasteiger partial charge in [-0.3, -0.25) is 0 Å². The summed E-state index contributed by atoms with van der Waals surface area (Å²) in [7, 11) is -3.34. The standard InChI is InChI=1S/C9H15N3O2S2/c1-8-3-2-5-12(8)16(13,14)11-7-9-10-4-6-15-9/h4,6,8,11H,2-3,5,7H2,1H3. The minimum Gasteiger partial charge on any atom is -0.248 e. The van der Waals surface area contributed by atoms with Gasteiger partial charge in [0, 0.05) is 24.2 Å². The van der Waals surface area contributed by atoms with E-state index in [9.17, 15) is 8.42 Å². The second-order valence-corrected chi connectivity index (χ2v) is 6.54. The van der Waals surface area contributed by atoms with E-state index in [1.54, 1.807) is 6.20 Å². The van der Waals surface area contributed by atoms with E-state index >= 15 is 0 Å². The molecule has 1 saturated heterocycles. The molecule has 0 amide bonds. The molecule has 1 unspecified atom stereocenters. The van der Waals surface area contributed by atoms with Crippen molar-refractivity contribution >= 4 is 21.5 Å². The van der Waals surface area contributed by atoms with Crippen LogP contribution in [0.3, 0.4) is 0 Å². The quantitative estimate of drug-likeness (QED) is 0.878. The van der Waals surface area contributed by atoms with Gasteiger partial charge >= 0.3 is 0 Å². The largest absolute Gasteiger partial charge is 0.280 e. The lowest BCUT2D eigenvalue weighted by atomic mass is 10.3. The fourth-order valence-corrected chi connectivity index (χ4v) is 3.92. The molecular formula is C9H15N3O2S2. The number of nitrogens with zero attached hydrogens (tertiary/aromatic N) is 2. The Kier molecular flexibility index (Phi) is 3.58. The van der Waals surface area contributed by atoms with Crippen molar-refractivity contribution < 1.29 is 8.42 Å². The second-order valence-electron chi connectivity index (χ2n) is 3.85. The number of aromatic nitrogens is 1. The van der Waals surface area contributed by atoms with E-state index in [0.29, 0.717) is 6.54 Å². The maximum absolute atomic E-state index is 11.9.